The second kappa shape index (κ2) is 6.35. The third-order valence-corrected chi connectivity index (χ3v) is 5.48. The molecule has 0 amide bonds. The third kappa shape index (κ3) is 3.12. The molecule has 0 atom stereocenters. The molecule has 0 fully saturated rings. The van der Waals surface area contributed by atoms with Crippen LogP contribution in [-0.4, -0.2) is 18.2 Å². The lowest BCUT2D eigenvalue weighted by molar-refractivity contribution is 0.230. The predicted octanol–water partition coefficient (Wildman–Crippen LogP) is 4.20. The molecule has 0 bridgehead atoms. The molecule has 20 heavy (non-hydrogen) atoms. The zero-order valence-electron chi connectivity index (χ0n) is 11.7. The summed E-state index contributed by atoms with van der Waals surface area (Å²) in [5.74, 6) is 0. The van der Waals surface area contributed by atoms with Gasteiger partial charge in [0.25, 0.3) is 0 Å². The lowest BCUT2D eigenvalue weighted by Crippen LogP contribution is -2.11. The summed E-state index contributed by atoms with van der Waals surface area (Å²) in [5, 5.41) is 1.45. The fourth-order valence-electron chi connectivity index (χ4n) is 1.96. The molecule has 4 nitrogen and oxygen atoms in total. The largest absolute Gasteiger partial charge is 0.361 e. The molecular weight excluding hydrogens is 341 g/mol. The SMILES string of the molecule is CCOP(=O)(OCC)c1cc(Br)c2nc(C)ccc2c1. The molecule has 0 aliphatic heterocycles. The van der Waals surface area contributed by atoms with E-state index >= 15 is 0 Å². The maximum Gasteiger partial charge on any atom is 0.361 e. The maximum absolute atomic E-state index is 12.8. The first-order chi connectivity index (χ1) is 9.50. The van der Waals surface area contributed by atoms with Gasteiger partial charge in [-0.15, -0.1) is 0 Å². The highest BCUT2D eigenvalue weighted by Gasteiger charge is 2.27. The van der Waals surface area contributed by atoms with E-state index < -0.39 is 7.60 Å². The van der Waals surface area contributed by atoms with Gasteiger partial charge in [-0.05, 0) is 54.9 Å². The monoisotopic (exact) mass is 357 g/mol. The lowest BCUT2D eigenvalue weighted by atomic mass is 10.2. The van der Waals surface area contributed by atoms with Gasteiger partial charge in [0.2, 0.25) is 0 Å². The average Bonchev–Trinajstić information content (AvgIpc) is 2.40. The Morgan fingerprint density at radius 2 is 1.85 bits per heavy atom. The van der Waals surface area contributed by atoms with Crippen molar-refractivity contribution in [1.82, 2.24) is 4.98 Å². The van der Waals surface area contributed by atoms with Gasteiger partial charge in [0.1, 0.15) is 0 Å². The second-order valence-electron chi connectivity index (χ2n) is 4.28. The van der Waals surface area contributed by atoms with E-state index in [9.17, 15) is 4.57 Å². The maximum atomic E-state index is 12.8. The van der Waals surface area contributed by atoms with Crippen LogP contribution in [0.4, 0.5) is 0 Å². The third-order valence-electron chi connectivity index (χ3n) is 2.78. The molecule has 1 aromatic carbocycles. The number of nitrogens with zero attached hydrogens (tertiary/aromatic N) is 1. The summed E-state index contributed by atoms with van der Waals surface area (Å²) in [6.45, 7) is 6.20. The molecule has 0 unspecified atom stereocenters. The number of hydrogen-bond acceptors (Lipinski definition) is 4. The fourth-order valence-corrected chi connectivity index (χ4v) is 4.34. The number of pyridine rings is 1. The minimum absolute atomic E-state index is 0.332. The summed E-state index contributed by atoms with van der Waals surface area (Å²) in [4.78, 5) is 4.47. The van der Waals surface area contributed by atoms with Crippen LogP contribution in [0.1, 0.15) is 19.5 Å². The van der Waals surface area contributed by atoms with Crippen molar-refractivity contribution in [3.8, 4) is 0 Å². The smallest absolute Gasteiger partial charge is 0.305 e. The van der Waals surface area contributed by atoms with Gasteiger partial charge in [-0.2, -0.15) is 0 Å². The van der Waals surface area contributed by atoms with Crippen molar-refractivity contribution in [3.63, 3.8) is 0 Å². The number of hydrogen-bond donors (Lipinski definition) is 0. The fraction of sp³-hybridized carbons (Fsp3) is 0.357. The molecule has 0 spiro atoms. The number of aryl methyl sites for hydroxylation is 1. The molecule has 0 N–H and O–H groups in total. The normalized spacial score (nSPS) is 12.0. The molecule has 0 radical (unpaired) electrons. The summed E-state index contributed by atoms with van der Waals surface area (Å²) in [6, 6.07) is 7.46. The van der Waals surface area contributed by atoms with Crippen LogP contribution in [0.3, 0.4) is 0 Å². The van der Waals surface area contributed by atoms with Gasteiger partial charge < -0.3 is 9.05 Å². The molecular formula is C14H17BrNO3P. The van der Waals surface area contributed by atoms with Gasteiger partial charge in [0, 0.05) is 15.6 Å². The van der Waals surface area contributed by atoms with E-state index in [2.05, 4.69) is 20.9 Å². The second-order valence-corrected chi connectivity index (χ2v) is 7.17. The molecule has 1 aromatic heterocycles. The molecule has 108 valence electrons. The minimum Gasteiger partial charge on any atom is -0.305 e. The topological polar surface area (TPSA) is 48.4 Å². The summed E-state index contributed by atoms with van der Waals surface area (Å²) in [7, 11) is -3.27. The first-order valence-corrected chi connectivity index (χ1v) is 8.80. The van der Waals surface area contributed by atoms with Crippen LogP contribution in [0.25, 0.3) is 10.9 Å². The van der Waals surface area contributed by atoms with Gasteiger partial charge in [-0.3, -0.25) is 9.55 Å². The highest BCUT2D eigenvalue weighted by molar-refractivity contribution is 9.10. The minimum atomic E-state index is -3.27. The van der Waals surface area contributed by atoms with E-state index in [1.54, 1.807) is 19.9 Å². The zero-order chi connectivity index (χ0) is 14.8. The average molecular weight is 358 g/mol. The standard InChI is InChI=1S/C14H17BrNO3P/c1-4-18-20(17,19-5-2)12-8-11-7-6-10(3)16-14(11)13(15)9-12/h6-9H,4-5H2,1-3H3. The van der Waals surface area contributed by atoms with E-state index in [-0.39, 0.29) is 0 Å². The Morgan fingerprint density at radius 1 is 1.20 bits per heavy atom. The number of aromatic nitrogens is 1. The Bertz CT molecular complexity index is 665. The van der Waals surface area contributed by atoms with Crippen molar-refractivity contribution in [3.05, 3.63) is 34.4 Å². The van der Waals surface area contributed by atoms with Gasteiger partial charge >= 0.3 is 7.60 Å². The predicted molar refractivity (Wildman–Crippen MR) is 84.7 cm³/mol. The van der Waals surface area contributed by atoms with Gasteiger partial charge in [0.15, 0.2) is 0 Å². The number of benzene rings is 1. The van der Waals surface area contributed by atoms with Gasteiger partial charge in [0.05, 0.1) is 24.0 Å². The molecule has 0 saturated heterocycles. The Hall–Kier alpha value is -0.740. The van der Waals surface area contributed by atoms with E-state index in [0.29, 0.717) is 18.5 Å². The van der Waals surface area contributed by atoms with E-state index in [4.69, 9.17) is 9.05 Å². The first-order valence-electron chi connectivity index (χ1n) is 6.46. The van der Waals surface area contributed by atoms with Crippen molar-refractivity contribution in [2.45, 2.75) is 20.8 Å². The van der Waals surface area contributed by atoms with Crippen LogP contribution < -0.4 is 5.30 Å². The van der Waals surface area contributed by atoms with E-state index in [1.165, 1.54) is 0 Å². The molecule has 6 heteroatoms. The van der Waals surface area contributed by atoms with E-state index in [1.807, 2.05) is 25.1 Å². The highest BCUT2D eigenvalue weighted by Crippen LogP contribution is 2.47. The van der Waals surface area contributed by atoms with Crippen LogP contribution >= 0.6 is 23.5 Å². The Balaban J connectivity index is 2.60. The summed E-state index contributed by atoms with van der Waals surface area (Å²) in [5.41, 5.74) is 1.78. The number of halogens is 1. The van der Waals surface area contributed by atoms with Crippen molar-refractivity contribution < 1.29 is 13.6 Å². The van der Waals surface area contributed by atoms with E-state index in [0.717, 1.165) is 21.1 Å². The van der Waals surface area contributed by atoms with Gasteiger partial charge in [-0.25, -0.2) is 0 Å². The lowest BCUT2D eigenvalue weighted by Gasteiger charge is -2.18. The van der Waals surface area contributed by atoms with Crippen molar-refractivity contribution in [1.29, 1.82) is 0 Å². The Kier molecular flexibility index (Phi) is 4.97. The van der Waals surface area contributed by atoms with Crippen LogP contribution in [0.15, 0.2) is 28.7 Å². The van der Waals surface area contributed by atoms with Crippen molar-refractivity contribution >= 4 is 39.7 Å². The number of rotatable bonds is 5. The van der Waals surface area contributed by atoms with Gasteiger partial charge in [-0.1, -0.05) is 6.07 Å². The van der Waals surface area contributed by atoms with Crippen molar-refractivity contribution in [2.24, 2.45) is 0 Å². The van der Waals surface area contributed by atoms with Crippen molar-refractivity contribution in [2.75, 3.05) is 13.2 Å². The Labute approximate surface area is 127 Å². The molecule has 0 aliphatic carbocycles. The molecule has 2 rings (SSSR count). The van der Waals surface area contributed by atoms with Crippen LogP contribution in [-0.2, 0) is 13.6 Å². The molecule has 2 aromatic rings. The first kappa shape index (κ1) is 15.6. The van der Waals surface area contributed by atoms with Crippen LogP contribution in [0.5, 0.6) is 0 Å². The van der Waals surface area contributed by atoms with Crippen LogP contribution in [0.2, 0.25) is 0 Å². The Morgan fingerprint density at radius 3 is 2.45 bits per heavy atom. The van der Waals surface area contributed by atoms with Crippen LogP contribution in [0, 0.1) is 6.92 Å². The zero-order valence-corrected chi connectivity index (χ0v) is 14.2. The molecule has 0 aliphatic rings. The summed E-state index contributed by atoms with van der Waals surface area (Å²) >= 11 is 3.48. The molecule has 1 heterocycles. The summed E-state index contributed by atoms with van der Waals surface area (Å²) in [6.07, 6.45) is 0. The summed E-state index contributed by atoms with van der Waals surface area (Å²) < 4.78 is 24.3. The molecule has 0 saturated carbocycles. The quantitative estimate of drug-likeness (QED) is 0.752. The highest BCUT2D eigenvalue weighted by atomic mass is 79.9. The number of fused-ring (bicyclic) bond motifs is 1.